The van der Waals surface area contributed by atoms with Crippen LogP contribution in [0, 0.1) is 0 Å². The van der Waals surface area contributed by atoms with E-state index >= 15 is 0 Å². The molecule has 2 nitrogen and oxygen atoms in total. The molecule has 0 saturated heterocycles. The SMILES string of the molecule is C=CCCCCCn1ccc2cccc(CO)c21. The number of rotatable bonds is 7. The molecule has 0 unspecified atom stereocenters. The molecule has 0 bridgehead atoms. The third-order valence-electron chi connectivity index (χ3n) is 3.35. The van der Waals surface area contributed by atoms with Crippen LogP contribution in [-0.2, 0) is 13.2 Å². The van der Waals surface area contributed by atoms with E-state index in [0.717, 1.165) is 18.5 Å². The number of aliphatic hydroxyl groups is 1. The van der Waals surface area contributed by atoms with Gasteiger partial charge in [-0.3, -0.25) is 0 Å². The number of hydrogen-bond acceptors (Lipinski definition) is 1. The maximum atomic E-state index is 9.40. The third kappa shape index (κ3) is 2.82. The van der Waals surface area contributed by atoms with Gasteiger partial charge in [-0.2, -0.15) is 0 Å². The van der Waals surface area contributed by atoms with Crippen molar-refractivity contribution in [2.45, 2.75) is 38.8 Å². The van der Waals surface area contributed by atoms with E-state index < -0.39 is 0 Å². The second kappa shape index (κ2) is 6.41. The molecule has 1 aromatic heterocycles. The van der Waals surface area contributed by atoms with Crippen LogP contribution in [0.15, 0.2) is 43.1 Å². The number of hydrogen-bond donors (Lipinski definition) is 1. The minimum atomic E-state index is 0.109. The van der Waals surface area contributed by atoms with Crippen molar-refractivity contribution in [3.05, 3.63) is 48.7 Å². The van der Waals surface area contributed by atoms with Gasteiger partial charge in [0.2, 0.25) is 0 Å². The van der Waals surface area contributed by atoms with Crippen LogP contribution < -0.4 is 0 Å². The normalized spacial score (nSPS) is 10.9. The van der Waals surface area contributed by atoms with E-state index in [1.54, 1.807) is 0 Å². The molecule has 2 rings (SSSR count). The first kappa shape index (κ1) is 12.9. The molecule has 2 heteroatoms. The maximum absolute atomic E-state index is 9.40. The van der Waals surface area contributed by atoms with Gasteiger partial charge in [0.15, 0.2) is 0 Å². The van der Waals surface area contributed by atoms with E-state index in [1.165, 1.54) is 30.2 Å². The van der Waals surface area contributed by atoms with Crippen LogP contribution in [0.5, 0.6) is 0 Å². The number of allylic oxidation sites excluding steroid dienone is 1. The van der Waals surface area contributed by atoms with Gasteiger partial charge in [-0.05, 0) is 30.7 Å². The lowest BCUT2D eigenvalue weighted by atomic mass is 10.1. The van der Waals surface area contributed by atoms with Crippen molar-refractivity contribution >= 4 is 10.9 Å². The van der Waals surface area contributed by atoms with Gasteiger partial charge in [0, 0.05) is 18.3 Å². The topological polar surface area (TPSA) is 25.2 Å². The smallest absolute Gasteiger partial charge is 0.0702 e. The molecule has 96 valence electrons. The molecule has 0 fully saturated rings. The van der Waals surface area contributed by atoms with Gasteiger partial charge in [0.05, 0.1) is 12.1 Å². The van der Waals surface area contributed by atoms with Gasteiger partial charge in [-0.15, -0.1) is 6.58 Å². The summed E-state index contributed by atoms with van der Waals surface area (Å²) < 4.78 is 2.26. The minimum absolute atomic E-state index is 0.109. The second-order valence-corrected chi connectivity index (χ2v) is 4.66. The van der Waals surface area contributed by atoms with Crippen LogP contribution in [-0.4, -0.2) is 9.67 Å². The Morgan fingerprint density at radius 2 is 2.06 bits per heavy atom. The average Bonchev–Trinajstić information content (AvgIpc) is 2.82. The Bertz CT molecular complexity index is 513. The summed E-state index contributed by atoms with van der Waals surface area (Å²) in [5.41, 5.74) is 2.20. The Morgan fingerprint density at radius 1 is 1.17 bits per heavy atom. The minimum Gasteiger partial charge on any atom is -0.392 e. The van der Waals surface area contributed by atoms with Crippen molar-refractivity contribution in [1.29, 1.82) is 0 Å². The fourth-order valence-electron chi connectivity index (χ4n) is 2.40. The summed E-state index contributed by atoms with van der Waals surface area (Å²) in [6.45, 7) is 4.87. The molecule has 0 aliphatic carbocycles. The first-order valence-corrected chi connectivity index (χ1v) is 6.65. The average molecular weight is 243 g/mol. The van der Waals surface area contributed by atoms with Crippen molar-refractivity contribution in [3.8, 4) is 0 Å². The standard InChI is InChI=1S/C16H21NO/c1-2-3-4-5-6-11-17-12-10-14-8-7-9-15(13-18)16(14)17/h2,7-10,12,18H,1,3-6,11,13H2. The van der Waals surface area contributed by atoms with E-state index in [9.17, 15) is 5.11 Å². The number of aliphatic hydroxyl groups excluding tert-OH is 1. The van der Waals surface area contributed by atoms with E-state index in [2.05, 4.69) is 29.5 Å². The van der Waals surface area contributed by atoms with Gasteiger partial charge in [-0.25, -0.2) is 0 Å². The maximum Gasteiger partial charge on any atom is 0.0702 e. The molecule has 1 heterocycles. The van der Waals surface area contributed by atoms with Crippen molar-refractivity contribution in [3.63, 3.8) is 0 Å². The summed E-state index contributed by atoms with van der Waals surface area (Å²) in [5, 5.41) is 10.6. The van der Waals surface area contributed by atoms with E-state index in [4.69, 9.17) is 0 Å². The summed E-state index contributed by atoms with van der Waals surface area (Å²) >= 11 is 0. The van der Waals surface area contributed by atoms with Gasteiger partial charge < -0.3 is 9.67 Å². The molecule has 2 aromatic rings. The zero-order valence-corrected chi connectivity index (χ0v) is 10.8. The van der Waals surface area contributed by atoms with Gasteiger partial charge in [0.1, 0.15) is 0 Å². The lowest BCUT2D eigenvalue weighted by Gasteiger charge is -2.08. The van der Waals surface area contributed by atoms with Gasteiger partial charge in [-0.1, -0.05) is 30.7 Å². The van der Waals surface area contributed by atoms with Crippen molar-refractivity contribution < 1.29 is 5.11 Å². The predicted octanol–water partition coefficient (Wildman–Crippen LogP) is 3.88. The fourth-order valence-corrected chi connectivity index (χ4v) is 2.40. The summed E-state index contributed by atoms with van der Waals surface area (Å²) in [6, 6.07) is 8.22. The Kier molecular flexibility index (Phi) is 4.59. The Hall–Kier alpha value is -1.54. The summed E-state index contributed by atoms with van der Waals surface area (Å²) in [5.74, 6) is 0. The van der Waals surface area contributed by atoms with E-state index in [0.29, 0.717) is 0 Å². The molecule has 18 heavy (non-hydrogen) atoms. The highest BCUT2D eigenvalue weighted by atomic mass is 16.3. The van der Waals surface area contributed by atoms with Crippen molar-refractivity contribution in [2.75, 3.05) is 0 Å². The van der Waals surface area contributed by atoms with Crippen LogP contribution >= 0.6 is 0 Å². The Labute approximate surface area is 109 Å². The Morgan fingerprint density at radius 3 is 2.83 bits per heavy atom. The molecule has 1 N–H and O–H groups in total. The Balaban J connectivity index is 2.06. The highest BCUT2D eigenvalue weighted by molar-refractivity contribution is 5.83. The monoisotopic (exact) mass is 243 g/mol. The molecular weight excluding hydrogens is 222 g/mol. The highest BCUT2D eigenvalue weighted by Crippen LogP contribution is 2.21. The molecule has 0 radical (unpaired) electrons. The van der Waals surface area contributed by atoms with Crippen LogP contribution in [0.25, 0.3) is 10.9 Å². The molecule has 0 atom stereocenters. The molecular formula is C16H21NO. The van der Waals surface area contributed by atoms with Crippen LogP contribution in [0.2, 0.25) is 0 Å². The number of unbranched alkanes of at least 4 members (excludes halogenated alkanes) is 3. The summed E-state index contributed by atoms with van der Waals surface area (Å²) in [4.78, 5) is 0. The van der Waals surface area contributed by atoms with Crippen molar-refractivity contribution in [1.82, 2.24) is 4.57 Å². The lowest BCUT2D eigenvalue weighted by molar-refractivity contribution is 0.283. The zero-order chi connectivity index (χ0) is 12.8. The van der Waals surface area contributed by atoms with Crippen LogP contribution in [0.3, 0.4) is 0 Å². The van der Waals surface area contributed by atoms with E-state index in [1.807, 2.05) is 18.2 Å². The quantitative estimate of drug-likeness (QED) is 0.579. The molecule has 0 amide bonds. The van der Waals surface area contributed by atoms with Gasteiger partial charge >= 0.3 is 0 Å². The van der Waals surface area contributed by atoms with Crippen LogP contribution in [0.1, 0.15) is 31.2 Å². The first-order valence-electron chi connectivity index (χ1n) is 6.65. The van der Waals surface area contributed by atoms with Gasteiger partial charge in [0.25, 0.3) is 0 Å². The van der Waals surface area contributed by atoms with E-state index in [-0.39, 0.29) is 6.61 Å². The number of nitrogens with zero attached hydrogens (tertiary/aromatic N) is 1. The molecule has 0 spiro atoms. The molecule has 0 aliphatic heterocycles. The number of aryl methyl sites for hydroxylation is 1. The van der Waals surface area contributed by atoms with Crippen LogP contribution in [0.4, 0.5) is 0 Å². The number of aromatic nitrogens is 1. The predicted molar refractivity (Wildman–Crippen MR) is 76.5 cm³/mol. The summed E-state index contributed by atoms with van der Waals surface area (Å²) in [7, 11) is 0. The zero-order valence-electron chi connectivity index (χ0n) is 10.8. The molecule has 0 saturated carbocycles. The highest BCUT2D eigenvalue weighted by Gasteiger charge is 2.05. The number of para-hydroxylation sites is 1. The number of benzene rings is 1. The largest absolute Gasteiger partial charge is 0.392 e. The molecule has 1 aromatic carbocycles. The van der Waals surface area contributed by atoms with Crippen molar-refractivity contribution in [2.24, 2.45) is 0 Å². The first-order chi connectivity index (χ1) is 8.86. The fraction of sp³-hybridized carbons (Fsp3) is 0.375. The molecule has 0 aliphatic rings. The second-order valence-electron chi connectivity index (χ2n) is 4.66. The third-order valence-corrected chi connectivity index (χ3v) is 3.35. The lowest BCUT2D eigenvalue weighted by Crippen LogP contribution is -1.99. The summed E-state index contributed by atoms with van der Waals surface area (Å²) in [6.07, 6.45) is 8.83. The number of fused-ring (bicyclic) bond motifs is 1.